The van der Waals surface area contributed by atoms with E-state index in [1.54, 1.807) is 17.0 Å². The van der Waals surface area contributed by atoms with E-state index in [9.17, 15) is 9.90 Å². The highest BCUT2D eigenvalue weighted by atomic mass is 127. The number of halogens is 3. The van der Waals surface area contributed by atoms with Crippen molar-refractivity contribution < 1.29 is 33.6 Å². The third kappa shape index (κ3) is 11.3. The van der Waals surface area contributed by atoms with Gasteiger partial charge in [0.2, 0.25) is 0 Å². The van der Waals surface area contributed by atoms with Crippen molar-refractivity contribution in [3.63, 3.8) is 0 Å². The van der Waals surface area contributed by atoms with Gasteiger partial charge in [-0.15, -0.1) is 0 Å². The number of amides is 1. The predicted octanol–water partition coefficient (Wildman–Crippen LogP) is 8.99. The first-order chi connectivity index (χ1) is 31.2. The number of nitrogens with two attached hydrogens (primary N) is 1. The van der Waals surface area contributed by atoms with Crippen LogP contribution in [0, 0.1) is 3.57 Å². The Morgan fingerprint density at radius 1 is 0.781 bits per heavy atom. The molecule has 1 amide bonds. The highest BCUT2D eigenvalue weighted by molar-refractivity contribution is 14.1. The zero-order valence-corrected chi connectivity index (χ0v) is 40.3. The quantitative estimate of drug-likeness (QED) is 0.0425. The van der Waals surface area contributed by atoms with Crippen LogP contribution in [0.25, 0.3) is 33.9 Å². The maximum atomic E-state index is 13.6. The molecule has 334 valence electrons. The number of piperidine rings is 1. The first-order valence-corrected chi connectivity index (χ1v) is 23.8. The number of carbonyl (C=O) groups is 1. The molecule has 0 unspecified atom stereocenters. The number of rotatable bonds is 20. The van der Waals surface area contributed by atoms with Gasteiger partial charge in [0.25, 0.3) is 5.91 Å². The minimum Gasteiger partial charge on any atom is -0.506 e. The molecule has 4 heterocycles. The lowest BCUT2D eigenvalue weighted by Crippen LogP contribution is -2.37. The van der Waals surface area contributed by atoms with E-state index in [2.05, 4.69) is 69.3 Å². The summed E-state index contributed by atoms with van der Waals surface area (Å²) in [6, 6.07) is 27.3. The highest BCUT2D eigenvalue weighted by Gasteiger charge is 2.32. The molecular formula is C47H48Br2IN7O7. The number of likely N-dealkylation sites (tertiary alicyclic amines) is 1. The third-order valence-electron chi connectivity index (χ3n) is 11.0. The fraction of sp³-hybridized carbons (Fsp3) is 0.319. The molecule has 0 bridgehead atoms. The van der Waals surface area contributed by atoms with E-state index in [0.717, 1.165) is 86.7 Å². The molecule has 2 aromatic heterocycles. The predicted molar refractivity (Wildman–Crippen MR) is 263 cm³/mol. The van der Waals surface area contributed by atoms with Gasteiger partial charge in [0.05, 0.1) is 78.9 Å². The zero-order chi connectivity index (χ0) is 44.4. The molecule has 0 spiro atoms. The van der Waals surface area contributed by atoms with Gasteiger partial charge in [0.1, 0.15) is 35.1 Å². The normalized spacial score (nSPS) is 15.1. The summed E-state index contributed by atoms with van der Waals surface area (Å²) in [7, 11) is 0. The molecule has 0 aliphatic carbocycles. The van der Waals surface area contributed by atoms with E-state index in [1.807, 2.05) is 83.6 Å². The lowest BCUT2D eigenvalue weighted by atomic mass is 10.0. The van der Waals surface area contributed by atoms with Crippen molar-refractivity contribution in [2.24, 2.45) is 0 Å². The molecule has 0 saturated carbocycles. The SMILES string of the molecule is Nc1ncnc2c1c(-c1ccc(Oc3ccccc3)cc1)nn2C1CCN(CCOCCOCCOCCOCCN2C(=O)C(=Cc3cc(Br)c(O)c(Br)c3)c3cc(I)ccc32)CC1. The van der Waals surface area contributed by atoms with Crippen molar-refractivity contribution in [2.45, 2.75) is 18.9 Å². The van der Waals surface area contributed by atoms with Crippen molar-refractivity contribution >= 4 is 94.5 Å². The Bertz CT molecular complexity index is 2550. The number of para-hydroxylation sites is 1. The Morgan fingerprint density at radius 2 is 1.41 bits per heavy atom. The molecule has 6 aromatic rings. The maximum Gasteiger partial charge on any atom is 0.259 e. The van der Waals surface area contributed by atoms with Gasteiger partial charge in [-0.05, 0) is 146 Å². The van der Waals surface area contributed by atoms with Crippen LogP contribution in [0.3, 0.4) is 0 Å². The number of aromatic hydroxyl groups is 1. The number of benzene rings is 4. The third-order valence-corrected chi connectivity index (χ3v) is 12.9. The second-order valence-electron chi connectivity index (χ2n) is 15.2. The number of anilines is 2. The Balaban J connectivity index is 0.687. The number of ether oxygens (including phenoxy) is 5. The topological polar surface area (TPSA) is 160 Å². The monoisotopic (exact) mass is 1110 g/mol. The lowest BCUT2D eigenvalue weighted by molar-refractivity contribution is -0.113. The molecule has 2 aliphatic rings. The largest absolute Gasteiger partial charge is 0.506 e. The standard InChI is InChI=1S/C47H48Br2IN7O7/c48-39-27-31(28-40(49)44(39)58)26-38-37-29-33(50)8-11-41(37)56(47(38)59)17-19-61-21-23-63-25-24-62-22-20-60-18-16-55-14-12-34(13-15-55)57-46-42(45(51)52-30-53-46)43(54-57)32-6-9-36(10-7-32)64-35-4-2-1-3-5-35/h1-11,26-30,34,58H,12-25H2,(H2,51,52,53). The Morgan fingerprint density at radius 3 is 2.08 bits per heavy atom. The molecule has 17 heteroatoms. The Kier molecular flexibility index (Phi) is 15.9. The van der Waals surface area contributed by atoms with Gasteiger partial charge in [-0.25, -0.2) is 14.6 Å². The number of aromatic nitrogens is 4. The van der Waals surface area contributed by atoms with Gasteiger partial charge in [0, 0.05) is 46.4 Å². The first kappa shape index (κ1) is 46.1. The molecule has 0 radical (unpaired) electrons. The number of fused-ring (bicyclic) bond motifs is 2. The van der Waals surface area contributed by atoms with Crippen LogP contribution >= 0.6 is 54.5 Å². The molecular weight excluding hydrogens is 1060 g/mol. The number of hydrogen-bond donors (Lipinski definition) is 2. The van der Waals surface area contributed by atoms with Crippen LogP contribution in [-0.4, -0.2) is 115 Å². The van der Waals surface area contributed by atoms with Crippen molar-refractivity contribution in [3.05, 3.63) is 115 Å². The minimum atomic E-state index is -0.0925. The van der Waals surface area contributed by atoms with E-state index >= 15 is 0 Å². The van der Waals surface area contributed by atoms with Crippen LogP contribution in [0.4, 0.5) is 11.5 Å². The fourth-order valence-corrected chi connectivity index (χ4v) is 9.50. The highest BCUT2D eigenvalue weighted by Crippen LogP contribution is 2.41. The number of hydrogen-bond acceptors (Lipinski definition) is 12. The molecule has 0 atom stereocenters. The van der Waals surface area contributed by atoms with Gasteiger partial charge >= 0.3 is 0 Å². The van der Waals surface area contributed by atoms with Gasteiger partial charge in [0.15, 0.2) is 5.65 Å². The Hall–Kier alpha value is -4.47. The van der Waals surface area contributed by atoms with E-state index in [0.29, 0.717) is 79.7 Å². The first-order valence-electron chi connectivity index (χ1n) is 21.1. The van der Waals surface area contributed by atoms with Crippen molar-refractivity contribution in [2.75, 3.05) is 89.7 Å². The average molecular weight is 1110 g/mol. The number of carbonyl (C=O) groups excluding carboxylic acids is 1. The smallest absolute Gasteiger partial charge is 0.259 e. The molecule has 4 aromatic carbocycles. The summed E-state index contributed by atoms with van der Waals surface area (Å²) in [6.07, 6.45) is 5.22. The number of phenolic OH excluding ortho intramolecular Hbond substituents is 1. The fourth-order valence-electron chi connectivity index (χ4n) is 7.78. The summed E-state index contributed by atoms with van der Waals surface area (Å²) < 4.78 is 33.3. The van der Waals surface area contributed by atoms with E-state index in [-0.39, 0.29) is 17.7 Å². The summed E-state index contributed by atoms with van der Waals surface area (Å²) in [5.74, 6) is 1.95. The summed E-state index contributed by atoms with van der Waals surface area (Å²) in [6.45, 7) is 6.86. The molecule has 8 rings (SSSR count). The number of nitrogen functional groups attached to an aromatic ring is 1. The molecule has 2 aliphatic heterocycles. The molecule has 64 heavy (non-hydrogen) atoms. The summed E-state index contributed by atoms with van der Waals surface area (Å²) in [5, 5.41) is 16.0. The molecule has 1 fully saturated rings. The summed E-state index contributed by atoms with van der Waals surface area (Å²) in [5.41, 5.74) is 11.9. The summed E-state index contributed by atoms with van der Waals surface area (Å²) in [4.78, 5) is 26.6. The van der Waals surface area contributed by atoms with Crippen LogP contribution in [0.1, 0.15) is 30.0 Å². The van der Waals surface area contributed by atoms with E-state index < -0.39 is 0 Å². The van der Waals surface area contributed by atoms with Crippen LogP contribution < -0.4 is 15.4 Å². The molecule has 14 nitrogen and oxygen atoms in total. The van der Waals surface area contributed by atoms with Gasteiger partial charge in [-0.3, -0.25) is 4.79 Å². The summed E-state index contributed by atoms with van der Waals surface area (Å²) >= 11 is 9.01. The molecule has 1 saturated heterocycles. The number of nitrogens with zero attached hydrogens (tertiary/aromatic N) is 6. The number of phenols is 1. The van der Waals surface area contributed by atoms with Crippen molar-refractivity contribution in [1.82, 2.24) is 24.6 Å². The van der Waals surface area contributed by atoms with Gasteiger partial charge in [-0.2, -0.15) is 5.10 Å². The van der Waals surface area contributed by atoms with E-state index in [1.165, 1.54) is 6.33 Å². The van der Waals surface area contributed by atoms with Crippen molar-refractivity contribution in [1.29, 1.82) is 0 Å². The van der Waals surface area contributed by atoms with Crippen LogP contribution in [0.15, 0.2) is 100 Å². The average Bonchev–Trinajstić information content (AvgIpc) is 3.81. The van der Waals surface area contributed by atoms with Crippen molar-refractivity contribution in [3.8, 4) is 28.5 Å². The zero-order valence-electron chi connectivity index (χ0n) is 35.0. The Labute approximate surface area is 402 Å². The van der Waals surface area contributed by atoms with Crippen LogP contribution in [0.2, 0.25) is 0 Å². The van der Waals surface area contributed by atoms with Gasteiger partial charge < -0.3 is 44.3 Å². The molecule has 3 N–H and O–H groups in total. The second-order valence-corrected chi connectivity index (χ2v) is 18.2. The minimum absolute atomic E-state index is 0.0925. The van der Waals surface area contributed by atoms with Crippen LogP contribution in [0.5, 0.6) is 17.2 Å². The van der Waals surface area contributed by atoms with E-state index in [4.69, 9.17) is 34.5 Å². The lowest BCUT2D eigenvalue weighted by Gasteiger charge is -2.32. The van der Waals surface area contributed by atoms with Crippen LogP contribution in [-0.2, 0) is 23.7 Å². The maximum absolute atomic E-state index is 13.6. The van der Waals surface area contributed by atoms with Gasteiger partial charge in [-0.1, -0.05) is 18.2 Å². The second kappa shape index (κ2) is 22.1.